The molecule has 2 heterocycles. The number of furan rings is 1. The highest BCUT2D eigenvalue weighted by Crippen LogP contribution is 2.24. The molecule has 0 radical (unpaired) electrons. The molecule has 1 aromatic carbocycles. The molecule has 28 heavy (non-hydrogen) atoms. The minimum Gasteiger partial charge on any atom is -0.461 e. The summed E-state index contributed by atoms with van der Waals surface area (Å²) in [6.45, 7) is 3.76. The number of nitrogens with one attached hydrogen (secondary N) is 1. The molecule has 0 unspecified atom stereocenters. The van der Waals surface area contributed by atoms with Crippen LogP contribution in [0.25, 0.3) is 11.5 Å². The van der Waals surface area contributed by atoms with Crippen molar-refractivity contribution >= 4 is 23.6 Å². The lowest BCUT2D eigenvalue weighted by molar-refractivity contribution is -0.119. The fourth-order valence-electron chi connectivity index (χ4n) is 2.40. The SMILES string of the molecule is CC(C)NC(=O)CSc1ccccc1C(=O)OCc1cc(-c2ccco2)on1. The van der Waals surface area contributed by atoms with E-state index in [-0.39, 0.29) is 24.3 Å². The van der Waals surface area contributed by atoms with Crippen LogP contribution in [0, 0.1) is 0 Å². The van der Waals surface area contributed by atoms with E-state index in [1.165, 1.54) is 18.0 Å². The largest absolute Gasteiger partial charge is 0.461 e. The number of carbonyl (C=O) groups is 2. The van der Waals surface area contributed by atoms with Crippen LogP contribution in [0.1, 0.15) is 29.9 Å². The number of ether oxygens (including phenoxy) is 1. The van der Waals surface area contributed by atoms with Gasteiger partial charge in [0.05, 0.1) is 17.6 Å². The monoisotopic (exact) mass is 400 g/mol. The fourth-order valence-corrected chi connectivity index (χ4v) is 3.25. The van der Waals surface area contributed by atoms with E-state index in [1.54, 1.807) is 36.4 Å². The first-order valence-electron chi connectivity index (χ1n) is 8.70. The lowest BCUT2D eigenvalue weighted by atomic mass is 10.2. The van der Waals surface area contributed by atoms with Gasteiger partial charge in [-0.15, -0.1) is 11.8 Å². The van der Waals surface area contributed by atoms with Gasteiger partial charge in [0.25, 0.3) is 0 Å². The third kappa shape index (κ3) is 5.26. The lowest BCUT2D eigenvalue weighted by Crippen LogP contribution is -2.31. The van der Waals surface area contributed by atoms with Gasteiger partial charge in [-0.1, -0.05) is 17.3 Å². The Morgan fingerprint density at radius 3 is 2.75 bits per heavy atom. The molecule has 0 fully saturated rings. The van der Waals surface area contributed by atoms with Crippen molar-refractivity contribution in [1.29, 1.82) is 0 Å². The molecule has 0 aliphatic rings. The predicted molar refractivity (Wildman–Crippen MR) is 104 cm³/mol. The third-order valence-corrected chi connectivity index (χ3v) is 4.66. The van der Waals surface area contributed by atoms with Gasteiger partial charge in [0.15, 0.2) is 5.76 Å². The number of hydrogen-bond donors (Lipinski definition) is 1. The molecule has 8 heteroatoms. The molecule has 0 saturated carbocycles. The minimum atomic E-state index is -0.491. The second kappa shape index (κ2) is 9.27. The van der Waals surface area contributed by atoms with Gasteiger partial charge >= 0.3 is 5.97 Å². The topological polar surface area (TPSA) is 94.6 Å². The zero-order chi connectivity index (χ0) is 19.9. The molecule has 146 valence electrons. The molecular formula is C20H20N2O5S. The number of amides is 1. The van der Waals surface area contributed by atoms with E-state index in [9.17, 15) is 9.59 Å². The van der Waals surface area contributed by atoms with Gasteiger partial charge < -0.3 is 19.0 Å². The van der Waals surface area contributed by atoms with E-state index in [4.69, 9.17) is 13.7 Å². The Hall–Kier alpha value is -3.00. The first-order valence-corrected chi connectivity index (χ1v) is 9.69. The molecule has 0 atom stereocenters. The number of esters is 1. The van der Waals surface area contributed by atoms with Gasteiger partial charge in [-0.25, -0.2) is 4.79 Å². The zero-order valence-electron chi connectivity index (χ0n) is 15.5. The van der Waals surface area contributed by atoms with Gasteiger partial charge in [0, 0.05) is 17.0 Å². The Kier molecular flexibility index (Phi) is 6.54. The van der Waals surface area contributed by atoms with E-state index < -0.39 is 5.97 Å². The van der Waals surface area contributed by atoms with Crippen LogP contribution in [0.4, 0.5) is 0 Å². The maximum Gasteiger partial charge on any atom is 0.339 e. The van der Waals surface area contributed by atoms with E-state index in [0.29, 0.717) is 27.7 Å². The lowest BCUT2D eigenvalue weighted by Gasteiger charge is -2.10. The van der Waals surface area contributed by atoms with Crippen LogP contribution in [-0.4, -0.2) is 28.8 Å². The maximum absolute atomic E-state index is 12.5. The number of carbonyl (C=O) groups excluding carboxylic acids is 2. The molecule has 1 N–H and O–H groups in total. The summed E-state index contributed by atoms with van der Waals surface area (Å²) in [6.07, 6.45) is 1.54. The first-order chi connectivity index (χ1) is 13.5. The van der Waals surface area contributed by atoms with Crippen LogP contribution in [0.2, 0.25) is 0 Å². The first kappa shape index (κ1) is 19.8. The highest BCUT2D eigenvalue weighted by Gasteiger charge is 2.16. The van der Waals surface area contributed by atoms with Gasteiger partial charge in [0.1, 0.15) is 12.3 Å². The molecule has 0 aliphatic carbocycles. The average molecular weight is 400 g/mol. The molecule has 0 saturated heterocycles. The minimum absolute atomic E-state index is 0.0319. The van der Waals surface area contributed by atoms with Gasteiger partial charge in [-0.05, 0) is 38.1 Å². The zero-order valence-corrected chi connectivity index (χ0v) is 16.3. The van der Waals surface area contributed by atoms with Crippen LogP contribution in [-0.2, 0) is 16.1 Å². The summed E-state index contributed by atoms with van der Waals surface area (Å²) in [5, 5.41) is 6.70. The Labute approximate surface area is 166 Å². The van der Waals surface area contributed by atoms with Crippen molar-refractivity contribution in [3.05, 3.63) is 60.0 Å². The van der Waals surface area contributed by atoms with E-state index in [2.05, 4.69) is 10.5 Å². The molecule has 2 aromatic heterocycles. The summed E-state index contributed by atoms with van der Waals surface area (Å²) < 4.78 is 15.8. The fraction of sp³-hybridized carbons (Fsp3) is 0.250. The summed E-state index contributed by atoms with van der Waals surface area (Å²) in [4.78, 5) is 25.0. The Morgan fingerprint density at radius 2 is 2.00 bits per heavy atom. The predicted octanol–water partition coefficient (Wildman–Crippen LogP) is 3.91. The van der Waals surface area contributed by atoms with E-state index in [1.807, 2.05) is 19.9 Å². The number of hydrogen-bond acceptors (Lipinski definition) is 7. The number of benzene rings is 1. The van der Waals surface area contributed by atoms with Crippen molar-refractivity contribution in [1.82, 2.24) is 10.5 Å². The van der Waals surface area contributed by atoms with Crippen molar-refractivity contribution in [2.75, 3.05) is 5.75 Å². The third-order valence-electron chi connectivity index (χ3n) is 3.59. The highest BCUT2D eigenvalue weighted by molar-refractivity contribution is 8.00. The second-order valence-corrected chi connectivity index (χ2v) is 7.26. The molecule has 0 bridgehead atoms. The summed E-state index contributed by atoms with van der Waals surface area (Å²) in [7, 11) is 0. The highest BCUT2D eigenvalue weighted by atomic mass is 32.2. The van der Waals surface area contributed by atoms with Crippen LogP contribution in [0.3, 0.4) is 0 Å². The average Bonchev–Trinajstić information content (AvgIpc) is 3.35. The van der Waals surface area contributed by atoms with Crippen molar-refractivity contribution in [2.24, 2.45) is 0 Å². The smallest absolute Gasteiger partial charge is 0.339 e. The molecule has 1 amide bonds. The molecule has 3 aromatic rings. The van der Waals surface area contributed by atoms with E-state index in [0.717, 1.165) is 0 Å². The number of rotatable bonds is 8. The Morgan fingerprint density at radius 1 is 1.18 bits per heavy atom. The molecular weight excluding hydrogens is 380 g/mol. The Bertz CT molecular complexity index is 934. The van der Waals surface area contributed by atoms with Crippen molar-refractivity contribution < 1.29 is 23.3 Å². The van der Waals surface area contributed by atoms with Crippen LogP contribution in [0.15, 0.2) is 62.6 Å². The molecule has 0 aliphatic heterocycles. The summed E-state index contributed by atoms with van der Waals surface area (Å²) in [5.74, 6) is 0.652. The number of nitrogens with zero attached hydrogens (tertiary/aromatic N) is 1. The molecule has 3 rings (SSSR count). The quantitative estimate of drug-likeness (QED) is 0.452. The second-order valence-electron chi connectivity index (χ2n) is 6.24. The van der Waals surface area contributed by atoms with Gasteiger partial charge in [0.2, 0.25) is 11.7 Å². The normalized spacial score (nSPS) is 10.8. The van der Waals surface area contributed by atoms with Gasteiger partial charge in [-0.2, -0.15) is 0 Å². The van der Waals surface area contributed by atoms with Crippen molar-refractivity contribution in [3.63, 3.8) is 0 Å². The molecule has 7 nitrogen and oxygen atoms in total. The van der Waals surface area contributed by atoms with E-state index >= 15 is 0 Å². The van der Waals surface area contributed by atoms with Crippen molar-refractivity contribution in [2.45, 2.75) is 31.4 Å². The van der Waals surface area contributed by atoms with Crippen molar-refractivity contribution in [3.8, 4) is 11.5 Å². The summed E-state index contributed by atoms with van der Waals surface area (Å²) >= 11 is 1.29. The van der Waals surface area contributed by atoms with Gasteiger partial charge in [-0.3, -0.25) is 4.79 Å². The summed E-state index contributed by atoms with van der Waals surface area (Å²) in [5.41, 5.74) is 0.876. The number of thioether (sulfide) groups is 1. The molecule has 0 spiro atoms. The van der Waals surface area contributed by atoms with Crippen LogP contribution < -0.4 is 5.32 Å². The number of aromatic nitrogens is 1. The summed E-state index contributed by atoms with van der Waals surface area (Å²) in [6, 6.07) is 12.2. The Balaban J connectivity index is 1.59. The maximum atomic E-state index is 12.5. The van der Waals surface area contributed by atoms with Crippen LogP contribution in [0.5, 0.6) is 0 Å². The van der Waals surface area contributed by atoms with Crippen LogP contribution >= 0.6 is 11.8 Å². The standard InChI is InChI=1S/C20H20N2O5S/c1-13(2)21-19(23)12-28-18-8-4-3-6-15(18)20(24)26-11-14-10-17(27-22-14)16-7-5-9-25-16/h3-10,13H,11-12H2,1-2H3,(H,21,23).